The SMILES string of the molecule is C=CC[Si](CC=C)(CC=C)P(=O)(O)O. The Morgan fingerprint density at radius 2 is 1.29 bits per heavy atom. The number of hydrogen-bond acceptors (Lipinski definition) is 1. The first-order valence-electron chi connectivity index (χ1n) is 4.32. The molecule has 0 aromatic carbocycles. The van der Waals surface area contributed by atoms with Gasteiger partial charge in [0.05, 0.1) is 0 Å². The molecule has 0 radical (unpaired) electrons. The molecule has 0 fully saturated rings. The van der Waals surface area contributed by atoms with Crippen LogP contribution < -0.4 is 0 Å². The zero-order valence-corrected chi connectivity index (χ0v) is 10.1. The van der Waals surface area contributed by atoms with Crippen molar-refractivity contribution in [3.63, 3.8) is 0 Å². The van der Waals surface area contributed by atoms with E-state index in [0.717, 1.165) is 0 Å². The third-order valence-electron chi connectivity index (χ3n) is 2.19. The summed E-state index contributed by atoms with van der Waals surface area (Å²) < 4.78 is 11.4. The van der Waals surface area contributed by atoms with Crippen molar-refractivity contribution in [2.45, 2.75) is 18.1 Å². The fraction of sp³-hybridized carbons (Fsp3) is 0.333. The Labute approximate surface area is 85.9 Å². The predicted octanol–water partition coefficient (Wildman–Crippen LogP) is 2.67. The van der Waals surface area contributed by atoms with Crippen LogP contribution in [0.1, 0.15) is 0 Å². The minimum atomic E-state index is -4.03. The summed E-state index contributed by atoms with van der Waals surface area (Å²) in [7, 11) is -6.72. The van der Waals surface area contributed by atoms with Crippen molar-refractivity contribution in [3.05, 3.63) is 38.0 Å². The van der Waals surface area contributed by atoms with Crippen molar-refractivity contribution in [1.29, 1.82) is 0 Å². The van der Waals surface area contributed by atoms with Gasteiger partial charge in [-0.1, -0.05) is 18.2 Å². The van der Waals surface area contributed by atoms with E-state index in [0.29, 0.717) is 18.1 Å². The number of allylic oxidation sites excluding steroid dienone is 3. The normalized spacial score (nSPS) is 12.1. The molecule has 0 saturated heterocycles. The van der Waals surface area contributed by atoms with Crippen molar-refractivity contribution in [2.24, 2.45) is 0 Å². The molecule has 0 aliphatic heterocycles. The minimum absolute atomic E-state index is 0.398. The lowest BCUT2D eigenvalue weighted by molar-refractivity contribution is 0.390. The standard InChI is InChI=1S/C9H17O3PSi/c1-4-7-14(8-5-2,9-6-3)13(10,11)12/h4-6H,1-3,7-9H2,(H2,10,11,12). The van der Waals surface area contributed by atoms with E-state index in [1.54, 1.807) is 18.2 Å². The maximum absolute atomic E-state index is 11.4. The molecule has 0 aliphatic carbocycles. The van der Waals surface area contributed by atoms with E-state index in [1.165, 1.54) is 0 Å². The molecule has 0 spiro atoms. The molecule has 0 rings (SSSR count). The van der Waals surface area contributed by atoms with Gasteiger partial charge in [-0.05, 0) is 18.1 Å². The van der Waals surface area contributed by atoms with E-state index in [4.69, 9.17) is 0 Å². The summed E-state index contributed by atoms with van der Waals surface area (Å²) in [5.74, 6) is 0. The maximum atomic E-state index is 11.4. The zero-order chi connectivity index (χ0) is 11.2. The van der Waals surface area contributed by atoms with E-state index in [1.807, 2.05) is 0 Å². The first-order chi connectivity index (χ1) is 6.43. The van der Waals surface area contributed by atoms with Gasteiger partial charge in [-0.2, -0.15) is 0 Å². The molecule has 0 atom stereocenters. The van der Waals surface area contributed by atoms with Gasteiger partial charge >= 0.3 is 0 Å². The van der Waals surface area contributed by atoms with Gasteiger partial charge < -0.3 is 9.79 Å². The molecule has 0 aliphatic rings. The highest BCUT2D eigenvalue weighted by Crippen LogP contribution is 2.54. The molecule has 2 N–H and O–H groups in total. The van der Waals surface area contributed by atoms with Crippen molar-refractivity contribution in [3.8, 4) is 0 Å². The molecular formula is C9H17O3PSi. The number of rotatable bonds is 7. The lowest BCUT2D eigenvalue weighted by Crippen LogP contribution is -2.32. The highest BCUT2D eigenvalue weighted by molar-refractivity contribution is 7.91. The second kappa shape index (κ2) is 5.46. The molecule has 80 valence electrons. The van der Waals surface area contributed by atoms with Crippen LogP contribution in [0.4, 0.5) is 0 Å². The van der Waals surface area contributed by atoms with Crippen molar-refractivity contribution >= 4 is 14.9 Å². The van der Waals surface area contributed by atoms with E-state index in [9.17, 15) is 14.4 Å². The van der Waals surface area contributed by atoms with Gasteiger partial charge in [-0.25, -0.2) is 0 Å². The zero-order valence-electron chi connectivity index (χ0n) is 8.22. The highest BCUT2D eigenvalue weighted by atomic mass is 31.4. The van der Waals surface area contributed by atoms with Crippen molar-refractivity contribution in [1.82, 2.24) is 0 Å². The molecule has 0 amide bonds. The summed E-state index contributed by atoms with van der Waals surface area (Å²) in [4.78, 5) is 18.7. The summed E-state index contributed by atoms with van der Waals surface area (Å²) in [6.07, 6.45) is 4.74. The molecule has 0 unspecified atom stereocenters. The van der Waals surface area contributed by atoms with Gasteiger partial charge in [0.25, 0.3) is 7.14 Å². The van der Waals surface area contributed by atoms with Crippen LogP contribution in [0.5, 0.6) is 0 Å². The third-order valence-corrected chi connectivity index (χ3v) is 11.9. The molecular weight excluding hydrogens is 215 g/mol. The fourth-order valence-electron chi connectivity index (χ4n) is 1.41. The lowest BCUT2D eigenvalue weighted by atomic mass is 10.7. The summed E-state index contributed by atoms with van der Waals surface area (Å²) in [6, 6.07) is 1.19. The summed E-state index contributed by atoms with van der Waals surface area (Å²) >= 11 is 0. The largest absolute Gasteiger partial charge is 0.329 e. The molecule has 0 saturated carbocycles. The highest BCUT2D eigenvalue weighted by Gasteiger charge is 2.46. The van der Waals surface area contributed by atoms with E-state index in [2.05, 4.69) is 19.7 Å². The fourth-order valence-corrected chi connectivity index (χ4v) is 7.54. The van der Waals surface area contributed by atoms with Gasteiger partial charge in [-0.15, -0.1) is 19.7 Å². The second-order valence-corrected chi connectivity index (χ2v) is 12.6. The van der Waals surface area contributed by atoms with Crippen LogP contribution in [0, 0.1) is 0 Å². The second-order valence-electron chi connectivity index (χ2n) is 3.25. The Bertz CT molecular complexity index is 243. The van der Waals surface area contributed by atoms with Crippen LogP contribution in [0.2, 0.25) is 18.1 Å². The minimum Gasteiger partial charge on any atom is -0.329 e. The Morgan fingerprint density at radius 1 is 1.00 bits per heavy atom. The summed E-state index contributed by atoms with van der Waals surface area (Å²) in [6.45, 7) is 10.6. The Morgan fingerprint density at radius 3 is 1.43 bits per heavy atom. The van der Waals surface area contributed by atoms with Crippen molar-refractivity contribution in [2.75, 3.05) is 0 Å². The first-order valence-corrected chi connectivity index (χ1v) is 9.39. The Hall–Kier alpha value is -0.413. The topological polar surface area (TPSA) is 57.5 Å². The van der Waals surface area contributed by atoms with Gasteiger partial charge in [0, 0.05) is 0 Å². The van der Waals surface area contributed by atoms with Crippen LogP contribution in [0.15, 0.2) is 38.0 Å². The van der Waals surface area contributed by atoms with Crippen molar-refractivity contribution < 1.29 is 14.4 Å². The molecule has 0 aromatic heterocycles. The molecule has 14 heavy (non-hydrogen) atoms. The van der Waals surface area contributed by atoms with Crippen LogP contribution in [0.3, 0.4) is 0 Å². The van der Waals surface area contributed by atoms with Crippen LogP contribution in [-0.2, 0) is 4.57 Å². The van der Waals surface area contributed by atoms with Gasteiger partial charge in [0.15, 0.2) is 0 Å². The molecule has 0 heterocycles. The molecule has 0 aromatic rings. The van der Waals surface area contributed by atoms with Crippen LogP contribution >= 0.6 is 7.14 Å². The smallest absolute Gasteiger partial charge is 0.293 e. The molecule has 0 bridgehead atoms. The predicted molar refractivity (Wildman–Crippen MR) is 62.8 cm³/mol. The van der Waals surface area contributed by atoms with E-state index >= 15 is 0 Å². The average Bonchev–Trinajstić information content (AvgIpc) is 2.03. The van der Waals surface area contributed by atoms with E-state index in [-0.39, 0.29) is 0 Å². The average molecular weight is 232 g/mol. The third kappa shape index (κ3) is 3.06. The van der Waals surface area contributed by atoms with Crippen LogP contribution in [0.25, 0.3) is 0 Å². The van der Waals surface area contributed by atoms with Gasteiger partial charge in [0.1, 0.15) is 0 Å². The lowest BCUT2D eigenvalue weighted by Gasteiger charge is -2.28. The van der Waals surface area contributed by atoms with Gasteiger partial charge in [0.2, 0.25) is 7.74 Å². The quantitative estimate of drug-likeness (QED) is 0.403. The maximum Gasteiger partial charge on any atom is 0.293 e. The first kappa shape index (κ1) is 13.6. The summed E-state index contributed by atoms with van der Waals surface area (Å²) in [5.41, 5.74) is 0. The monoisotopic (exact) mass is 232 g/mol. The summed E-state index contributed by atoms with van der Waals surface area (Å²) in [5, 5.41) is 0. The number of hydrogen-bond donors (Lipinski definition) is 2. The Kier molecular flexibility index (Phi) is 5.30. The molecule has 5 heteroatoms. The van der Waals surface area contributed by atoms with Crippen LogP contribution in [-0.4, -0.2) is 17.5 Å². The van der Waals surface area contributed by atoms with Gasteiger partial charge in [-0.3, -0.25) is 4.57 Å². The van der Waals surface area contributed by atoms with E-state index < -0.39 is 14.9 Å². The molecule has 3 nitrogen and oxygen atoms in total. The Balaban J connectivity index is 5.11.